The standard InChI is InChI=1S/C12H22N2O4S/c1-8(15)6-11(17)19-7-10(12(18)13(3)4)14(5)9(2)16/h8,10,15H,6-7H2,1-5H3/t8-,10?/m1/s1. The van der Waals surface area contributed by atoms with Crippen molar-refractivity contribution in [3.05, 3.63) is 0 Å². The van der Waals surface area contributed by atoms with Gasteiger partial charge in [0.05, 0.1) is 6.10 Å². The van der Waals surface area contributed by atoms with Crippen molar-refractivity contribution in [2.24, 2.45) is 0 Å². The molecule has 0 radical (unpaired) electrons. The zero-order valence-electron chi connectivity index (χ0n) is 12.0. The number of carbonyl (C=O) groups is 3. The molecule has 0 bridgehead atoms. The van der Waals surface area contributed by atoms with Gasteiger partial charge in [-0.2, -0.15) is 0 Å². The number of hydrogen-bond acceptors (Lipinski definition) is 5. The summed E-state index contributed by atoms with van der Waals surface area (Å²) in [7, 11) is 4.74. The van der Waals surface area contributed by atoms with Gasteiger partial charge in [-0.25, -0.2) is 0 Å². The summed E-state index contributed by atoms with van der Waals surface area (Å²) in [6, 6.07) is -0.671. The zero-order valence-corrected chi connectivity index (χ0v) is 12.9. The molecule has 6 nitrogen and oxygen atoms in total. The maximum atomic E-state index is 12.0. The molecule has 0 saturated carbocycles. The largest absolute Gasteiger partial charge is 0.393 e. The van der Waals surface area contributed by atoms with E-state index in [4.69, 9.17) is 5.11 Å². The number of carbonyl (C=O) groups excluding carboxylic acids is 3. The molecule has 110 valence electrons. The molecule has 0 fully saturated rings. The van der Waals surface area contributed by atoms with Crippen LogP contribution in [0.5, 0.6) is 0 Å². The Morgan fingerprint density at radius 3 is 2.11 bits per heavy atom. The summed E-state index contributed by atoms with van der Waals surface area (Å²) in [5.74, 6) is -0.266. The van der Waals surface area contributed by atoms with Crippen molar-refractivity contribution >= 4 is 28.7 Å². The van der Waals surface area contributed by atoms with E-state index in [0.717, 1.165) is 11.8 Å². The van der Waals surface area contributed by atoms with Gasteiger partial charge in [0.25, 0.3) is 0 Å². The molecule has 0 aromatic carbocycles. The molecule has 0 aliphatic rings. The Labute approximate surface area is 118 Å². The maximum Gasteiger partial charge on any atom is 0.245 e. The number of rotatable bonds is 6. The third kappa shape index (κ3) is 6.58. The van der Waals surface area contributed by atoms with Crippen molar-refractivity contribution in [3.8, 4) is 0 Å². The summed E-state index contributed by atoms with van der Waals surface area (Å²) in [5.41, 5.74) is 0. The van der Waals surface area contributed by atoms with E-state index in [2.05, 4.69) is 0 Å². The van der Waals surface area contributed by atoms with E-state index in [0.29, 0.717) is 0 Å². The molecule has 1 N–H and O–H groups in total. The number of amides is 2. The van der Waals surface area contributed by atoms with E-state index in [1.807, 2.05) is 0 Å². The van der Waals surface area contributed by atoms with Crippen LogP contribution in [-0.4, -0.2) is 70.9 Å². The minimum absolute atomic E-state index is 0.0390. The lowest BCUT2D eigenvalue weighted by Crippen LogP contribution is -2.48. The van der Waals surface area contributed by atoms with E-state index in [9.17, 15) is 14.4 Å². The van der Waals surface area contributed by atoms with Crippen LogP contribution in [0.15, 0.2) is 0 Å². The fourth-order valence-electron chi connectivity index (χ4n) is 1.34. The van der Waals surface area contributed by atoms with Crippen LogP contribution < -0.4 is 0 Å². The van der Waals surface area contributed by atoms with Crippen LogP contribution >= 0.6 is 11.8 Å². The predicted octanol–water partition coefficient (Wildman–Crippen LogP) is -0.0478. The average Bonchev–Trinajstić information content (AvgIpc) is 2.27. The predicted molar refractivity (Wildman–Crippen MR) is 74.7 cm³/mol. The smallest absolute Gasteiger partial charge is 0.245 e. The molecule has 0 aromatic rings. The van der Waals surface area contributed by atoms with Crippen LogP contribution in [0.3, 0.4) is 0 Å². The first-order chi connectivity index (χ1) is 8.66. The fourth-order valence-corrected chi connectivity index (χ4v) is 2.41. The molecule has 0 spiro atoms. The lowest BCUT2D eigenvalue weighted by atomic mass is 10.2. The number of thioether (sulfide) groups is 1. The number of aliphatic hydroxyl groups is 1. The van der Waals surface area contributed by atoms with E-state index in [1.165, 1.54) is 30.7 Å². The van der Waals surface area contributed by atoms with Crippen LogP contribution in [-0.2, 0) is 14.4 Å². The maximum absolute atomic E-state index is 12.0. The SMILES string of the molecule is CC(=O)N(C)C(CSC(=O)C[C@@H](C)O)C(=O)N(C)C. The molecular formula is C12H22N2O4S. The number of nitrogens with zero attached hydrogens (tertiary/aromatic N) is 2. The quantitative estimate of drug-likeness (QED) is 0.742. The molecule has 7 heteroatoms. The molecule has 2 atom stereocenters. The van der Waals surface area contributed by atoms with Gasteiger partial charge >= 0.3 is 0 Å². The Kier molecular flexibility index (Phi) is 7.70. The van der Waals surface area contributed by atoms with Gasteiger partial charge in [0.1, 0.15) is 6.04 Å². The summed E-state index contributed by atoms with van der Waals surface area (Å²) in [5, 5.41) is 8.92. The van der Waals surface area contributed by atoms with Gasteiger partial charge in [0.15, 0.2) is 5.12 Å². The van der Waals surface area contributed by atoms with Crippen molar-refractivity contribution in [1.82, 2.24) is 9.80 Å². The van der Waals surface area contributed by atoms with Crippen molar-refractivity contribution < 1.29 is 19.5 Å². The van der Waals surface area contributed by atoms with Crippen LogP contribution in [0.2, 0.25) is 0 Å². The zero-order chi connectivity index (χ0) is 15.2. The third-order valence-corrected chi connectivity index (χ3v) is 3.53. The summed E-state index contributed by atoms with van der Waals surface area (Å²) in [6.07, 6.45) is -0.661. The lowest BCUT2D eigenvalue weighted by Gasteiger charge is -2.28. The van der Waals surface area contributed by atoms with Gasteiger partial charge in [-0.15, -0.1) is 0 Å². The minimum atomic E-state index is -0.700. The highest BCUT2D eigenvalue weighted by Crippen LogP contribution is 2.14. The van der Waals surface area contributed by atoms with Crippen LogP contribution in [0.1, 0.15) is 20.3 Å². The fraction of sp³-hybridized carbons (Fsp3) is 0.750. The molecular weight excluding hydrogens is 268 g/mol. The number of hydrogen-bond donors (Lipinski definition) is 1. The lowest BCUT2D eigenvalue weighted by molar-refractivity contribution is -0.140. The first-order valence-corrected chi connectivity index (χ1v) is 6.93. The van der Waals surface area contributed by atoms with Crippen LogP contribution in [0, 0.1) is 0 Å². The molecule has 2 amide bonds. The first kappa shape index (κ1) is 17.9. The highest BCUT2D eigenvalue weighted by molar-refractivity contribution is 8.13. The van der Waals surface area contributed by atoms with Gasteiger partial charge in [-0.3, -0.25) is 14.4 Å². The Morgan fingerprint density at radius 2 is 1.74 bits per heavy atom. The second kappa shape index (κ2) is 8.16. The van der Waals surface area contributed by atoms with Crippen LogP contribution in [0.4, 0.5) is 0 Å². The molecule has 1 unspecified atom stereocenters. The van der Waals surface area contributed by atoms with E-state index < -0.39 is 12.1 Å². The third-order valence-electron chi connectivity index (χ3n) is 2.55. The Balaban J connectivity index is 4.65. The summed E-state index contributed by atoms with van der Waals surface area (Å²) in [4.78, 5) is 37.6. The van der Waals surface area contributed by atoms with Crippen molar-refractivity contribution in [3.63, 3.8) is 0 Å². The highest BCUT2D eigenvalue weighted by atomic mass is 32.2. The van der Waals surface area contributed by atoms with Crippen LogP contribution in [0.25, 0.3) is 0 Å². The second-order valence-electron chi connectivity index (χ2n) is 4.61. The van der Waals surface area contributed by atoms with Gasteiger partial charge in [0.2, 0.25) is 11.8 Å². The number of likely N-dealkylation sites (N-methyl/N-ethyl adjacent to an activating group) is 2. The van der Waals surface area contributed by atoms with Gasteiger partial charge in [0, 0.05) is 40.2 Å². The number of aliphatic hydroxyl groups excluding tert-OH is 1. The minimum Gasteiger partial charge on any atom is -0.393 e. The Morgan fingerprint density at radius 1 is 1.21 bits per heavy atom. The topological polar surface area (TPSA) is 77.9 Å². The Bertz CT molecular complexity index is 345. The van der Waals surface area contributed by atoms with Gasteiger partial charge in [-0.1, -0.05) is 11.8 Å². The van der Waals surface area contributed by atoms with Crippen molar-refractivity contribution in [2.75, 3.05) is 26.9 Å². The van der Waals surface area contributed by atoms with E-state index in [1.54, 1.807) is 14.1 Å². The second-order valence-corrected chi connectivity index (χ2v) is 5.69. The van der Waals surface area contributed by atoms with Gasteiger partial charge < -0.3 is 14.9 Å². The van der Waals surface area contributed by atoms with Crippen molar-refractivity contribution in [2.45, 2.75) is 32.4 Å². The monoisotopic (exact) mass is 290 g/mol. The van der Waals surface area contributed by atoms with E-state index >= 15 is 0 Å². The molecule has 0 aliphatic carbocycles. The average molecular weight is 290 g/mol. The molecule has 19 heavy (non-hydrogen) atoms. The molecule has 0 rings (SSSR count). The Hall–Kier alpha value is -1.08. The molecule has 0 aromatic heterocycles. The summed E-state index contributed by atoms with van der Waals surface area (Å²) < 4.78 is 0. The summed E-state index contributed by atoms with van der Waals surface area (Å²) in [6.45, 7) is 2.90. The molecule has 0 heterocycles. The van der Waals surface area contributed by atoms with E-state index in [-0.39, 0.29) is 29.1 Å². The molecule has 0 aliphatic heterocycles. The normalized spacial score (nSPS) is 13.6. The molecule has 0 saturated heterocycles. The van der Waals surface area contributed by atoms with Gasteiger partial charge in [-0.05, 0) is 6.92 Å². The first-order valence-electron chi connectivity index (χ1n) is 5.95. The summed E-state index contributed by atoms with van der Waals surface area (Å²) >= 11 is 0.964. The highest BCUT2D eigenvalue weighted by Gasteiger charge is 2.27. The van der Waals surface area contributed by atoms with Crippen molar-refractivity contribution in [1.29, 1.82) is 0 Å².